The minimum absolute atomic E-state index is 0.631. The molecule has 1 heteroatoms. The second kappa shape index (κ2) is 4.43. The molecule has 14 heavy (non-hydrogen) atoms. The molecule has 1 aromatic carbocycles. The summed E-state index contributed by atoms with van der Waals surface area (Å²) in [4.78, 5) is 0. The lowest BCUT2D eigenvalue weighted by Crippen LogP contribution is -2.30. The lowest BCUT2D eigenvalue weighted by atomic mass is 9.88. The van der Waals surface area contributed by atoms with Gasteiger partial charge >= 0.3 is 0 Å². The predicted octanol–water partition coefficient (Wildman–Crippen LogP) is 2.70. The van der Waals surface area contributed by atoms with Crippen LogP contribution in [-0.4, -0.2) is 13.1 Å². The molecular weight excluding hydrogens is 170 g/mol. The molecule has 0 radical (unpaired) electrons. The van der Waals surface area contributed by atoms with Crippen molar-refractivity contribution in [2.75, 3.05) is 13.1 Å². The van der Waals surface area contributed by atoms with Crippen LogP contribution in [0.4, 0.5) is 0 Å². The van der Waals surface area contributed by atoms with Crippen molar-refractivity contribution in [3.8, 4) is 0 Å². The van der Waals surface area contributed by atoms with Crippen LogP contribution < -0.4 is 5.32 Å². The summed E-state index contributed by atoms with van der Waals surface area (Å²) in [6.07, 6.45) is 2.55. The van der Waals surface area contributed by atoms with Gasteiger partial charge in [-0.2, -0.15) is 0 Å². The molecule has 0 aromatic heterocycles. The Morgan fingerprint density at radius 3 is 2.71 bits per heavy atom. The zero-order valence-electron chi connectivity index (χ0n) is 8.50. The van der Waals surface area contributed by atoms with E-state index in [1.54, 1.807) is 0 Å². The van der Waals surface area contributed by atoms with Crippen molar-refractivity contribution in [3.05, 3.63) is 42.5 Å². The van der Waals surface area contributed by atoms with Crippen molar-refractivity contribution in [1.82, 2.24) is 5.32 Å². The van der Waals surface area contributed by atoms with Gasteiger partial charge in [0.1, 0.15) is 0 Å². The largest absolute Gasteiger partial charge is 0.316 e. The second-order valence-corrected chi connectivity index (χ2v) is 3.93. The van der Waals surface area contributed by atoms with E-state index in [9.17, 15) is 0 Å². The third kappa shape index (κ3) is 2.05. The molecule has 0 saturated carbocycles. The Morgan fingerprint density at radius 1 is 1.29 bits per heavy atom. The van der Waals surface area contributed by atoms with Crippen LogP contribution in [0.2, 0.25) is 0 Å². The zero-order chi connectivity index (χ0) is 9.80. The number of benzene rings is 1. The fourth-order valence-electron chi connectivity index (χ4n) is 2.04. The third-order valence-electron chi connectivity index (χ3n) is 2.93. The van der Waals surface area contributed by atoms with Crippen LogP contribution in [0.3, 0.4) is 0 Å². The second-order valence-electron chi connectivity index (χ2n) is 3.93. The monoisotopic (exact) mass is 187 g/mol. The van der Waals surface area contributed by atoms with Gasteiger partial charge in [-0.3, -0.25) is 0 Å². The number of piperidine rings is 1. The van der Waals surface area contributed by atoms with Crippen LogP contribution in [0.1, 0.15) is 18.4 Å². The molecule has 1 aliphatic heterocycles. The van der Waals surface area contributed by atoms with Gasteiger partial charge in [0.05, 0.1) is 0 Å². The first kappa shape index (κ1) is 9.47. The Hall–Kier alpha value is -1.08. The topological polar surface area (TPSA) is 12.0 Å². The minimum atomic E-state index is 0.631. The SMILES string of the molecule is C=C(c1ccccc1)[C@H]1CCCNC1. The summed E-state index contributed by atoms with van der Waals surface area (Å²) >= 11 is 0. The summed E-state index contributed by atoms with van der Waals surface area (Å²) in [6.45, 7) is 6.46. The smallest absolute Gasteiger partial charge is 0.00201 e. The van der Waals surface area contributed by atoms with Gasteiger partial charge < -0.3 is 5.32 Å². The highest BCUT2D eigenvalue weighted by atomic mass is 14.9. The van der Waals surface area contributed by atoms with E-state index in [0.717, 1.165) is 6.54 Å². The molecule has 0 spiro atoms. The van der Waals surface area contributed by atoms with E-state index in [0.29, 0.717) is 5.92 Å². The standard InChI is InChI=1S/C13H17N/c1-11(12-6-3-2-4-7-12)13-8-5-9-14-10-13/h2-4,6-7,13-14H,1,5,8-10H2/t13-/m0/s1. The van der Waals surface area contributed by atoms with Gasteiger partial charge in [-0.05, 0) is 36.4 Å². The molecule has 1 fully saturated rings. The number of nitrogens with one attached hydrogen (secondary N) is 1. The van der Waals surface area contributed by atoms with E-state index in [1.807, 2.05) is 0 Å². The minimum Gasteiger partial charge on any atom is -0.316 e. The third-order valence-corrected chi connectivity index (χ3v) is 2.93. The van der Waals surface area contributed by atoms with Crippen LogP contribution in [-0.2, 0) is 0 Å². The molecule has 0 unspecified atom stereocenters. The molecular formula is C13H17N. The van der Waals surface area contributed by atoms with Crippen molar-refractivity contribution in [3.63, 3.8) is 0 Å². The quantitative estimate of drug-likeness (QED) is 0.750. The van der Waals surface area contributed by atoms with Crippen LogP contribution in [0.25, 0.3) is 5.57 Å². The van der Waals surface area contributed by atoms with Crippen molar-refractivity contribution in [2.45, 2.75) is 12.8 Å². The van der Waals surface area contributed by atoms with E-state index in [1.165, 1.54) is 30.5 Å². The lowest BCUT2D eigenvalue weighted by Gasteiger charge is -2.24. The first-order valence-corrected chi connectivity index (χ1v) is 5.33. The molecule has 2 rings (SSSR count). The Labute approximate surface area is 85.8 Å². The van der Waals surface area contributed by atoms with E-state index in [2.05, 4.69) is 42.2 Å². The highest BCUT2D eigenvalue weighted by Crippen LogP contribution is 2.26. The molecule has 1 N–H and O–H groups in total. The summed E-state index contributed by atoms with van der Waals surface area (Å²) < 4.78 is 0. The highest BCUT2D eigenvalue weighted by molar-refractivity contribution is 5.65. The first-order valence-electron chi connectivity index (χ1n) is 5.33. The fourth-order valence-corrected chi connectivity index (χ4v) is 2.04. The van der Waals surface area contributed by atoms with E-state index < -0.39 is 0 Å². The Balaban J connectivity index is 2.07. The van der Waals surface area contributed by atoms with Crippen LogP contribution in [0.5, 0.6) is 0 Å². The molecule has 1 atom stereocenters. The van der Waals surface area contributed by atoms with Crippen LogP contribution in [0, 0.1) is 5.92 Å². The van der Waals surface area contributed by atoms with E-state index >= 15 is 0 Å². The summed E-state index contributed by atoms with van der Waals surface area (Å²) in [6, 6.07) is 10.5. The maximum atomic E-state index is 4.21. The van der Waals surface area contributed by atoms with Gasteiger partial charge in [-0.15, -0.1) is 0 Å². The summed E-state index contributed by atoms with van der Waals surface area (Å²) in [5.41, 5.74) is 2.58. The highest BCUT2D eigenvalue weighted by Gasteiger charge is 2.16. The number of hydrogen-bond acceptors (Lipinski definition) is 1. The molecule has 0 aliphatic carbocycles. The Bertz CT molecular complexity index is 296. The maximum Gasteiger partial charge on any atom is 0.00201 e. The first-order chi connectivity index (χ1) is 6.88. The Kier molecular flexibility index (Phi) is 3.00. The molecule has 1 aliphatic rings. The van der Waals surface area contributed by atoms with Crippen LogP contribution >= 0.6 is 0 Å². The maximum absolute atomic E-state index is 4.21. The van der Waals surface area contributed by atoms with Crippen LogP contribution in [0.15, 0.2) is 36.9 Å². The molecule has 0 bridgehead atoms. The molecule has 0 amide bonds. The summed E-state index contributed by atoms with van der Waals surface area (Å²) in [5, 5.41) is 3.42. The van der Waals surface area contributed by atoms with Crippen molar-refractivity contribution < 1.29 is 0 Å². The average Bonchev–Trinajstić information content (AvgIpc) is 2.30. The van der Waals surface area contributed by atoms with Gasteiger partial charge in [0, 0.05) is 6.54 Å². The lowest BCUT2D eigenvalue weighted by molar-refractivity contribution is 0.448. The van der Waals surface area contributed by atoms with Gasteiger partial charge in [-0.25, -0.2) is 0 Å². The molecule has 1 saturated heterocycles. The average molecular weight is 187 g/mol. The molecule has 74 valence electrons. The summed E-state index contributed by atoms with van der Waals surface area (Å²) in [5.74, 6) is 0.631. The van der Waals surface area contributed by atoms with E-state index in [-0.39, 0.29) is 0 Å². The summed E-state index contributed by atoms with van der Waals surface area (Å²) in [7, 11) is 0. The van der Waals surface area contributed by atoms with E-state index in [4.69, 9.17) is 0 Å². The Morgan fingerprint density at radius 2 is 2.07 bits per heavy atom. The normalized spacial score (nSPS) is 21.9. The van der Waals surface area contributed by atoms with Gasteiger partial charge in [0.15, 0.2) is 0 Å². The van der Waals surface area contributed by atoms with Crippen molar-refractivity contribution in [2.24, 2.45) is 5.92 Å². The molecule has 1 heterocycles. The molecule has 1 nitrogen and oxygen atoms in total. The number of rotatable bonds is 2. The van der Waals surface area contributed by atoms with Gasteiger partial charge in [0.2, 0.25) is 0 Å². The predicted molar refractivity (Wildman–Crippen MR) is 61.1 cm³/mol. The fraction of sp³-hybridized carbons (Fsp3) is 0.385. The van der Waals surface area contributed by atoms with Crippen molar-refractivity contribution in [1.29, 1.82) is 0 Å². The zero-order valence-corrected chi connectivity index (χ0v) is 8.50. The van der Waals surface area contributed by atoms with Crippen molar-refractivity contribution >= 4 is 5.57 Å². The number of hydrogen-bond donors (Lipinski definition) is 1. The molecule has 1 aromatic rings. The van der Waals surface area contributed by atoms with Gasteiger partial charge in [-0.1, -0.05) is 36.9 Å². The van der Waals surface area contributed by atoms with Gasteiger partial charge in [0.25, 0.3) is 0 Å².